The maximum Gasteiger partial charge on any atom is 0.125 e. The number of rotatable bonds is 6. The van der Waals surface area contributed by atoms with Gasteiger partial charge in [-0.3, -0.25) is 0 Å². The minimum absolute atomic E-state index is 0.122. The quantitative estimate of drug-likeness (QED) is 0.464. The monoisotopic (exact) mass is 430 g/mol. The van der Waals surface area contributed by atoms with Gasteiger partial charge >= 0.3 is 0 Å². The van der Waals surface area contributed by atoms with E-state index < -0.39 is 37.1 Å². The van der Waals surface area contributed by atoms with Crippen molar-refractivity contribution in [2.45, 2.75) is 68.9 Å². The average Bonchev–Trinajstić information content (AvgIpc) is 2.78. The minimum atomic E-state index is -1.40. The molecule has 31 heavy (non-hydrogen) atoms. The summed E-state index contributed by atoms with van der Waals surface area (Å²) in [7, 11) is 0. The van der Waals surface area contributed by atoms with Crippen LogP contribution in [0.15, 0.2) is 42.5 Å². The second-order valence-corrected chi connectivity index (χ2v) is 8.56. The predicted molar refractivity (Wildman–Crippen MR) is 113 cm³/mol. The minimum Gasteiger partial charge on any atom is -0.488 e. The van der Waals surface area contributed by atoms with Crippen LogP contribution in [0.3, 0.4) is 0 Å². The van der Waals surface area contributed by atoms with Crippen LogP contribution in [0.25, 0.3) is 0 Å². The highest BCUT2D eigenvalue weighted by molar-refractivity contribution is 5.38. The normalized spacial score (nSPS) is 33.0. The lowest BCUT2D eigenvalue weighted by molar-refractivity contribution is -0.231. The molecular weight excluding hydrogens is 400 g/mol. The van der Waals surface area contributed by atoms with Gasteiger partial charge in [0.2, 0.25) is 0 Å². The van der Waals surface area contributed by atoms with E-state index in [1.54, 1.807) is 0 Å². The predicted octanol–water partition coefficient (Wildman–Crippen LogP) is 1.00. The number of hydrogen-bond donors (Lipinski definition) is 5. The maximum absolute atomic E-state index is 10.4. The third kappa shape index (κ3) is 4.62. The Morgan fingerprint density at radius 3 is 2.29 bits per heavy atom. The standard InChI is InChI=1S/C24H30O7/c1-13-2-5-15(24-23(29)22(28)21(27)20(12-25)31-24)11-16(13)10-14-3-6-17(7-4-14)30-19-9-8-18(19)26/h2-7,11,18-29H,8-10,12H2,1H3/t18?,19?,20-,21-,22+,23-,24+/m1/s1. The van der Waals surface area contributed by atoms with Gasteiger partial charge < -0.3 is 35.0 Å². The molecule has 4 rings (SSSR count). The van der Waals surface area contributed by atoms with Crippen LogP contribution in [-0.2, 0) is 11.2 Å². The van der Waals surface area contributed by atoms with Crippen molar-refractivity contribution in [3.63, 3.8) is 0 Å². The third-order valence-electron chi connectivity index (χ3n) is 6.38. The summed E-state index contributed by atoms with van der Waals surface area (Å²) >= 11 is 0. The summed E-state index contributed by atoms with van der Waals surface area (Å²) in [5.74, 6) is 0.735. The molecule has 0 aromatic heterocycles. The number of aliphatic hydroxyl groups excluding tert-OH is 5. The fraction of sp³-hybridized carbons (Fsp3) is 0.500. The van der Waals surface area contributed by atoms with E-state index in [0.29, 0.717) is 12.0 Å². The summed E-state index contributed by atoms with van der Waals surface area (Å²) in [6.07, 6.45) is -4.05. The molecular formula is C24H30O7. The zero-order valence-corrected chi connectivity index (χ0v) is 17.5. The highest BCUT2D eigenvalue weighted by Crippen LogP contribution is 2.34. The van der Waals surface area contributed by atoms with Crippen LogP contribution in [0, 0.1) is 6.92 Å². The molecule has 2 aliphatic rings. The van der Waals surface area contributed by atoms with Crippen LogP contribution in [0.4, 0.5) is 0 Å². The van der Waals surface area contributed by atoms with Gasteiger partial charge in [0.25, 0.3) is 0 Å². The molecule has 2 aromatic carbocycles. The SMILES string of the molecule is Cc1ccc([C@@H]2O[C@H](CO)[C@@H](O)[C@H](O)[C@H]2O)cc1Cc1ccc(OC2CCC2O)cc1. The lowest BCUT2D eigenvalue weighted by Gasteiger charge is -2.40. The van der Waals surface area contributed by atoms with Crippen LogP contribution in [0.2, 0.25) is 0 Å². The molecule has 1 aliphatic heterocycles. The largest absolute Gasteiger partial charge is 0.488 e. The molecule has 168 valence electrons. The van der Waals surface area contributed by atoms with Crippen LogP contribution in [0.1, 0.15) is 41.2 Å². The van der Waals surface area contributed by atoms with Gasteiger partial charge in [0.05, 0.1) is 12.7 Å². The van der Waals surface area contributed by atoms with Crippen molar-refractivity contribution in [2.24, 2.45) is 0 Å². The lowest BCUT2D eigenvalue weighted by Crippen LogP contribution is -2.55. The molecule has 0 radical (unpaired) electrons. The van der Waals surface area contributed by atoms with Gasteiger partial charge in [-0.15, -0.1) is 0 Å². The molecule has 5 N–H and O–H groups in total. The van der Waals surface area contributed by atoms with E-state index >= 15 is 0 Å². The Balaban J connectivity index is 1.49. The van der Waals surface area contributed by atoms with Gasteiger partial charge in [-0.1, -0.05) is 30.3 Å². The van der Waals surface area contributed by atoms with Gasteiger partial charge in [-0.05, 0) is 60.6 Å². The van der Waals surface area contributed by atoms with Crippen molar-refractivity contribution in [3.05, 3.63) is 64.7 Å². The Labute approximate surface area is 181 Å². The number of aryl methyl sites for hydroxylation is 1. The van der Waals surface area contributed by atoms with Gasteiger partial charge in [-0.25, -0.2) is 0 Å². The fourth-order valence-corrected chi connectivity index (χ4v) is 4.11. The summed E-state index contributed by atoms with van der Waals surface area (Å²) in [5.41, 5.74) is 3.87. The number of hydrogen-bond acceptors (Lipinski definition) is 7. The molecule has 1 aliphatic carbocycles. The van der Waals surface area contributed by atoms with E-state index in [0.717, 1.165) is 35.3 Å². The van der Waals surface area contributed by atoms with Gasteiger partial charge in [0.15, 0.2) is 0 Å². The highest BCUT2D eigenvalue weighted by atomic mass is 16.5. The van der Waals surface area contributed by atoms with E-state index in [1.165, 1.54) is 0 Å². The van der Waals surface area contributed by atoms with Crippen molar-refractivity contribution in [2.75, 3.05) is 6.61 Å². The molecule has 1 heterocycles. The van der Waals surface area contributed by atoms with E-state index in [9.17, 15) is 25.5 Å². The van der Waals surface area contributed by atoms with Gasteiger partial charge in [-0.2, -0.15) is 0 Å². The molecule has 2 unspecified atom stereocenters. The first-order valence-electron chi connectivity index (χ1n) is 10.7. The summed E-state index contributed by atoms with van der Waals surface area (Å²) in [4.78, 5) is 0. The van der Waals surface area contributed by atoms with E-state index in [4.69, 9.17) is 9.47 Å². The molecule has 7 heteroatoms. The lowest BCUT2D eigenvalue weighted by atomic mass is 9.89. The average molecular weight is 430 g/mol. The summed E-state index contributed by atoms with van der Waals surface area (Å²) in [6.45, 7) is 1.55. The number of ether oxygens (including phenoxy) is 2. The van der Waals surface area contributed by atoms with E-state index in [2.05, 4.69) is 0 Å². The van der Waals surface area contributed by atoms with E-state index in [1.807, 2.05) is 49.4 Å². The Morgan fingerprint density at radius 2 is 1.68 bits per heavy atom. The Morgan fingerprint density at radius 1 is 0.935 bits per heavy atom. The topological polar surface area (TPSA) is 120 Å². The molecule has 7 nitrogen and oxygen atoms in total. The highest BCUT2D eigenvalue weighted by Gasteiger charge is 2.44. The Bertz CT molecular complexity index is 882. The Kier molecular flexibility index (Phi) is 6.62. The zero-order chi connectivity index (χ0) is 22.1. The first kappa shape index (κ1) is 22.2. The molecule has 2 aromatic rings. The van der Waals surface area contributed by atoms with Crippen LogP contribution in [-0.4, -0.2) is 68.8 Å². The van der Waals surface area contributed by atoms with E-state index in [-0.39, 0.29) is 12.2 Å². The first-order chi connectivity index (χ1) is 14.9. The molecule has 1 saturated heterocycles. The van der Waals surface area contributed by atoms with Crippen molar-refractivity contribution >= 4 is 0 Å². The van der Waals surface area contributed by atoms with Crippen LogP contribution >= 0.6 is 0 Å². The second kappa shape index (κ2) is 9.24. The van der Waals surface area contributed by atoms with Gasteiger partial charge in [0.1, 0.15) is 42.4 Å². The molecule has 2 fully saturated rings. The summed E-state index contributed by atoms with van der Waals surface area (Å²) in [5, 5.41) is 49.6. The molecule has 0 spiro atoms. The van der Waals surface area contributed by atoms with Gasteiger partial charge in [0, 0.05) is 0 Å². The maximum atomic E-state index is 10.4. The summed E-state index contributed by atoms with van der Waals surface area (Å²) in [6, 6.07) is 13.5. The van der Waals surface area contributed by atoms with Crippen molar-refractivity contribution in [1.29, 1.82) is 0 Å². The Hall–Kier alpha value is -2.00. The molecule has 7 atom stereocenters. The summed E-state index contributed by atoms with van der Waals surface area (Å²) < 4.78 is 11.5. The third-order valence-corrected chi connectivity index (χ3v) is 6.38. The van der Waals surface area contributed by atoms with Crippen molar-refractivity contribution in [1.82, 2.24) is 0 Å². The van der Waals surface area contributed by atoms with Crippen LogP contribution in [0.5, 0.6) is 5.75 Å². The van der Waals surface area contributed by atoms with Crippen molar-refractivity contribution in [3.8, 4) is 5.75 Å². The molecule has 0 amide bonds. The smallest absolute Gasteiger partial charge is 0.125 e. The van der Waals surface area contributed by atoms with Crippen molar-refractivity contribution < 1.29 is 35.0 Å². The second-order valence-electron chi connectivity index (χ2n) is 8.56. The zero-order valence-electron chi connectivity index (χ0n) is 17.5. The fourth-order valence-electron chi connectivity index (χ4n) is 4.11. The number of aliphatic hydroxyl groups is 5. The van der Waals surface area contributed by atoms with Crippen LogP contribution < -0.4 is 4.74 Å². The number of benzene rings is 2. The first-order valence-corrected chi connectivity index (χ1v) is 10.7. The molecule has 0 bridgehead atoms. The molecule has 1 saturated carbocycles.